The molecule has 0 aromatic heterocycles. The minimum Gasteiger partial charge on any atom is -0.478 e. The number of ether oxygens (including phenoxy) is 2. The second kappa shape index (κ2) is 9.09. The maximum atomic E-state index is 13.0. The number of carboxylic acid groups (broad SMARTS) is 1. The van der Waals surface area contributed by atoms with Crippen molar-refractivity contribution < 1.29 is 29.0 Å². The number of imide groups is 1. The first kappa shape index (κ1) is 24.6. The molecule has 2 aromatic carbocycles. The van der Waals surface area contributed by atoms with Crippen LogP contribution in [0.15, 0.2) is 54.4 Å². The Morgan fingerprint density at radius 1 is 0.912 bits per heavy atom. The Balaban J connectivity index is 2.04. The Morgan fingerprint density at radius 3 is 2.09 bits per heavy atom. The van der Waals surface area contributed by atoms with Crippen molar-refractivity contribution in [2.75, 3.05) is 0 Å². The normalized spacial score (nSPS) is 13.7. The van der Waals surface area contributed by atoms with E-state index in [1.807, 2.05) is 12.1 Å². The lowest BCUT2D eigenvalue weighted by molar-refractivity contribution is 0.00883. The van der Waals surface area contributed by atoms with Gasteiger partial charge in [-0.2, -0.15) is 4.90 Å². The number of carbonyl (C=O) groups excluding carboxylic acids is 2. The van der Waals surface area contributed by atoms with Crippen LogP contribution in [0.5, 0.6) is 0 Å². The van der Waals surface area contributed by atoms with Crippen LogP contribution in [-0.4, -0.2) is 39.4 Å². The second-order valence-electron chi connectivity index (χ2n) is 9.74. The highest BCUT2D eigenvalue weighted by molar-refractivity contribution is 5.99. The molecule has 0 spiro atoms. The van der Waals surface area contributed by atoms with Gasteiger partial charge in [-0.1, -0.05) is 24.3 Å². The number of allylic oxidation sites excluding steroid dienone is 1. The Kier molecular flexibility index (Phi) is 6.58. The number of amides is 2. The van der Waals surface area contributed by atoms with Gasteiger partial charge in [0.25, 0.3) is 0 Å². The summed E-state index contributed by atoms with van der Waals surface area (Å²) in [7, 11) is 0. The number of nitrogens with zero attached hydrogens (tertiary/aromatic N) is 1. The van der Waals surface area contributed by atoms with Gasteiger partial charge in [-0.05, 0) is 70.5 Å². The Labute approximate surface area is 198 Å². The van der Waals surface area contributed by atoms with Gasteiger partial charge in [0, 0.05) is 11.8 Å². The van der Waals surface area contributed by atoms with Crippen molar-refractivity contribution in [3.8, 4) is 0 Å². The maximum Gasteiger partial charge on any atom is 0.424 e. The fourth-order valence-electron chi connectivity index (χ4n) is 3.24. The van der Waals surface area contributed by atoms with Gasteiger partial charge in [-0.25, -0.2) is 14.4 Å². The van der Waals surface area contributed by atoms with E-state index in [0.29, 0.717) is 5.70 Å². The molecule has 1 heterocycles. The Morgan fingerprint density at radius 2 is 1.53 bits per heavy atom. The molecule has 9 heteroatoms. The van der Waals surface area contributed by atoms with Crippen molar-refractivity contribution in [3.05, 3.63) is 65.5 Å². The fraction of sp³-hybridized carbons (Fsp3) is 0.320. The molecule has 2 amide bonds. The van der Waals surface area contributed by atoms with Crippen molar-refractivity contribution in [1.29, 1.82) is 0 Å². The van der Waals surface area contributed by atoms with Gasteiger partial charge >= 0.3 is 18.2 Å². The monoisotopic (exact) mass is 467 g/mol. The van der Waals surface area contributed by atoms with Crippen molar-refractivity contribution in [2.45, 2.75) is 52.7 Å². The molecule has 2 aromatic rings. The molecule has 3 rings (SSSR count). The molecule has 3 N–H and O–H groups in total. The molecule has 1 aliphatic rings. The number of rotatable bonds is 3. The number of hydrazine groups is 1. The number of benzene rings is 2. The summed E-state index contributed by atoms with van der Waals surface area (Å²) in [6, 6.07) is 10.3. The van der Waals surface area contributed by atoms with Crippen LogP contribution in [0.1, 0.15) is 57.5 Å². The average Bonchev–Trinajstić information content (AvgIpc) is 2.70. The number of carboxylic acids is 1. The number of nitrogens with one attached hydrogen (secondary N) is 2. The zero-order valence-electron chi connectivity index (χ0n) is 20.1. The van der Waals surface area contributed by atoms with Crippen LogP contribution >= 0.6 is 0 Å². The predicted octanol–water partition coefficient (Wildman–Crippen LogP) is 5.00. The first-order valence-corrected chi connectivity index (χ1v) is 10.7. The molecule has 0 fully saturated rings. The number of carbonyl (C=O) groups is 3. The largest absolute Gasteiger partial charge is 0.478 e. The Bertz CT molecular complexity index is 1170. The van der Waals surface area contributed by atoms with Crippen LogP contribution in [0, 0.1) is 0 Å². The van der Waals surface area contributed by atoms with Crippen LogP contribution in [-0.2, 0) is 9.47 Å². The second-order valence-corrected chi connectivity index (χ2v) is 9.74. The number of fused-ring (bicyclic) bond motifs is 1. The summed E-state index contributed by atoms with van der Waals surface area (Å²) in [4.78, 5) is 38.1. The number of aromatic carboxylic acids is 1. The molecular weight excluding hydrogens is 438 g/mol. The van der Waals surface area contributed by atoms with Crippen molar-refractivity contribution in [1.82, 2.24) is 15.8 Å². The van der Waals surface area contributed by atoms with Crippen molar-refractivity contribution in [2.24, 2.45) is 0 Å². The van der Waals surface area contributed by atoms with Gasteiger partial charge in [-0.15, -0.1) is 0 Å². The molecule has 0 atom stereocenters. The van der Waals surface area contributed by atoms with Crippen LogP contribution in [0.25, 0.3) is 16.5 Å². The van der Waals surface area contributed by atoms with Gasteiger partial charge in [0.15, 0.2) is 0 Å². The third-order valence-electron chi connectivity index (χ3n) is 4.55. The molecule has 0 saturated carbocycles. The van der Waals surface area contributed by atoms with Gasteiger partial charge in [0.1, 0.15) is 11.2 Å². The molecule has 34 heavy (non-hydrogen) atoms. The van der Waals surface area contributed by atoms with Crippen LogP contribution in [0.4, 0.5) is 9.59 Å². The standard InChI is InChI=1S/C25H29N3O6/c1-24(2,3)33-22(31)28(23(32)34-25(4,5)6)17-13-20(27-26-14-17)19-9-7-8-15-12-16(21(29)30)10-11-18(15)19/h7-14,26-27H,1-6H3,(H,29,30). The quantitative estimate of drug-likeness (QED) is 0.577. The van der Waals surface area contributed by atoms with Gasteiger partial charge in [-0.3, -0.25) is 0 Å². The summed E-state index contributed by atoms with van der Waals surface area (Å²) in [5, 5.41) is 10.8. The van der Waals surface area contributed by atoms with Gasteiger partial charge in [0.2, 0.25) is 0 Å². The summed E-state index contributed by atoms with van der Waals surface area (Å²) in [5.74, 6) is -1.01. The summed E-state index contributed by atoms with van der Waals surface area (Å²) >= 11 is 0. The molecule has 180 valence electrons. The van der Waals surface area contributed by atoms with E-state index in [-0.39, 0.29) is 11.3 Å². The lowest BCUT2D eigenvalue weighted by Gasteiger charge is -2.30. The SMILES string of the molecule is CC(C)(C)OC(=O)N(C(=O)OC(C)(C)C)C1=CNNC(c2cccc3cc(C(=O)O)ccc23)=C1. The topological polar surface area (TPSA) is 117 Å². The summed E-state index contributed by atoms with van der Waals surface area (Å²) < 4.78 is 10.9. The Hall–Kier alpha value is -4.01. The molecule has 0 saturated heterocycles. The first-order valence-electron chi connectivity index (χ1n) is 10.7. The highest BCUT2D eigenvalue weighted by Crippen LogP contribution is 2.28. The minimum absolute atomic E-state index is 0.176. The van der Waals surface area contributed by atoms with Crippen LogP contribution in [0.2, 0.25) is 0 Å². The number of hydrogen-bond acceptors (Lipinski definition) is 7. The van der Waals surface area contributed by atoms with Gasteiger partial charge < -0.3 is 25.4 Å². The van der Waals surface area contributed by atoms with E-state index >= 15 is 0 Å². The average molecular weight is 468 g/mol. The van der Waals surface area contributed by atoms with E-state index in [1.165, 1.54) is 12.3 Å². The summed E-state index contributed by atoms with van der Waals surface area (Å²) in [6.07, 6.45) is 1.31. The van der Waals surface area contributed by atoms with E-state index in [2.05, 4.69) is 10.9 Å². The highest BCUT2D eigenvalue weighted by Gasteiger charge is 2.34. The van der Waals surface area contributed by atoms with E-state index in [1.54, 1.807) is 65.8 Å². The third-order valence-corrected chi connectivity index (χ3v) is 4.55. The molecule has 1 aliphatic heterocycles. The lowest BCUT2D eigenvalue weighted by atomic mass is 9.99. The zero-order chi connectivity index (χ0) is 25.3. The molecule has 0 unspecified atom stereocenters. The van der Waals surface area contributed by atoms with E-state index in [9.17, 15) is 19.5 Å². The number of hydrogen-bond donors (Lipinski definition) is 3. The van der Waals surface area contributed by atoms with Crippen LogP contribution < -0.4 is 10.9 Å². The maximum absolute atomic E-state index is 13.0. The minimum atomic E-state index is -1.01. The molecule has 0 bridgehead atoms. The third kappa shape index (κ3) is 5.86. The van der Waals surface area contributed by atoms with Crippen molar-refractivity contribution in [3.63, 3.8) is 0 Å². The molecule has 0 radical (unpaired) electrons. The van der Waals surface area contributed by atoms with Gasteiger partial charge in [0.05, 0.1) is 17.0 Å². The fourth-order valence-corrected chi connectivity index (χ4v) is 3.24. The summed E-state index contributed by atoms with van der Waals surface area (Å²) in [5.41, 5.74) is 5.89. The smallest absolute Gasteiger partial charge is 0.424 e. The lowest BCUT2D eigenvalue weighted by Crippen LogP contribution is -2.44. The zero-order valence-corrected chi connectivity index (χ0v) is 20.1. The summed E-state index contributed by atoms with van der Waals surface area (Å²) in [6.45, 7) is 10.2. The first-order chi connectivity index (χ1) is 15.7. The van der Waals surface area contributed by atoms with E-state index in [4.69, 9.17) is 9.47 Å². The molecular formula is C25H29N3O6. The molecule has 9 nitrogen and oxygen atoms in total. The van der Waals surface area contributed by atoms with Crippen LogP contribution in [0.3, 0.4) is 0 Å². The van der Waals surface area contributed by atoms with E-state index in [0.717, 1.165) is 21.2 Å². The van der Waals surface area contributed by atoms with E-state index < -0.39 is 29.4 Å². The van der Waals surface area contributed by atoms with Crippen molar-refractivity contribution >= 4 is 34.6 Å². The predicted molar refractivity (Wildman–Crippen MR) is 128 cm³/mol. The molecule has 0 aliphatic carbocycles. The highest BCUT2D eigenvalue weighted by atomic mass is 16.6.